The van der Waals surface area contributed by atoms with Crippen LogP contribution in [0.1, 0.15) is 11.3 Å². The number of benzene rings is 2. The molecule has 0 unspecified atom stereocenters. The quantitative estimate of drug-likeness (QED) is 0.573. The predicted molar refractivity (Wildman–Crippen MR) is 88.8 cm³/mol. The number of aryl methyl sites for hydroxylation is 1. The Kier molecular flexibility index (Phi) is 3.87. The number of para-hydroxylation sites is 2. The van der Waals surface area contributed by atoms with Crippen molar-refractivity contribution in [2.75, 3.05) is 5.43 Å². The molecule has 0 amide bonds. The van der Waals surface area contributed by atoms with Gasteiger partial charge >= 0.3 is 0 Å². The van der Waals surface area contributed by atoms with Crippen LogP contribution in [0.25, 0.3) is 5.69 Å². The minimum absolute atomic E-state index is 0.123. The Hall–Kier alpha value is -3.08. The molecule has 5 heteroatoms. The number of nitrogens with zero attached hydrogens (tertiary/aromatic N) is 2. The van der Waals surface area contributed by atoms with E-state index in [1.165, 1.54) is 4.68 Å². The van der Waals surface area contributed by atoms with E-state index in [-0.39, 0.29) is 5.56 Å². The zero-order valence-corrected chi connectivity index (χ0v) is 12.2. The molecule has 0 aliphatic carbocycles. The van der Waals surface area contributed by atoms with Crippen LogP contribution in [0.4, 0.5) is 5.69 Å². The van der Waals surface area contributed by atoms with Crippen molar-refractivity contribution in [1.29, 1.82) is 0 Å². The van der Waals surface area contributed by atoms with Crippen LogP contribution in [-0.2, 0) is 0 Å². The van der Waals surface area contributed by atoms with Gasteiger partial charge in [0.15, 0.2) is 0 Å². The Morgan fingerprint density at radius 2 is 1.68 bits per heavy atom. The third-order valence-corrected chi connectivity index (χ3v) is 3.29. The van der Waals surface area contributed by atoms with E-state index in [0.717, 1.165) is 17.1 Å². The van der Waals surface area contributed by atoms with E-state index in [4.69, 9.17) is 0 Å². The highest BCUT2D eigenvalue weighted by molar-refractivity contribution is 5.81. The van der Waals surface area contributed by atoms with E-state index in [1.807, 2.05) is 67.6 Å². The van der Waals surface area contributed by atoms with Crippen LogP contribution in [0, 0.1) is 6.92 Å². The lowest BCUT2D eigenvalue weighted by Gasteiger charge is -1.99. The fourth-order valence-corrected chi connectivity index (χ4v) is 2.15. The number of hydrogen-bond donors (Lipinski definition) is 2. The summed E-state index contributed by atoms with van der Waals surface area (Å²) in [5.41, 5.74) is 5.75. The minimum atomic E-state index is -0.123. The summed E-state index contributed by atoms with van der Waals surface area (Å²) in [4.78, 5) is 12.4. The topological polar surface area (TPSA) is 62.2 Å². The van der Waals surface area contributed by atoms with Crippen LogP contribution in [0.3, 0.4) is 0 Å². The van der Waals surface area contributed by atoms with Crippen molar-refractivity contribution in [3.8, 4) is 5.69 Å². The third-order valence-electron chi connectivity index (χ3n) is 3.29. The predicted octanol–water partition coefficient (Wildman–Crippen LogP) is 2.92. The number of anilines is 1. The summed E-state index contributed by atoms with van der Waals surface area (Å²) in [7, 11) is 0. The van der Waals surface area contributed by atoms with Crippen molar-refractivity contribution in [3.05, 3.63) is 82.3 Å². The Balaban J connectivity index is 1.86. The monoisotopic (exact) mass is 292 g/mol. The highest BCUT2D eigenvalue weighted by Crippen LogP contribution is 2.07. The van der Waals surface area contributed by atoms with E-state index >= 15 is 0 Å². The van der Waals surface area contributed by atoms with Gasteiger partial charge in [0, 0.05) is 5.69 Å². The molecule has 3 rings (SSSR count). The number of aromatic nitrogens is 2. The standard InChI is InChI=1S/C17H16N4O/c1-13-16(12-18-19-14-8-4-2-5-9-14)17(22)21(20-13)15-10-6-3-7-11-15/h2-12,19-20H,1H3/b18-12-. The molecule has 1 heterocycles. The molecule has 0 saturated carbocycles. The first-order valence-electron chi connectivity index (χ1n) is 6.97. The molecule has 5 nitrogen and oxygen atoms in total. The van der Waals surface area contributed by atoms with Crippen LogP contribution < -0.4 is 11.0 Å². The summed E-state index contributed by atoms with van der Waals surface area (Å²) in [6.45, 7) is 1.85. The van der Waals surface area contributed by atoms with Gasteiger partial charge in [0.2, 0.25) is 0 Å². The van der Waals surface area contributed by atoms with Gasteiger partial charge in [-0.15, -0.1) is 0 Å². The van der Waals surface area contributed by atoms with Gasteiger partial charge in [-0.05, 0) is 31.2 Å². The fraction of sp³-hybridized carbons (Fsp3) is 0.0588. The highest BCUT2D eigenvalue weighted by Gasteiger charge is 2.10. The van der Waals surface area contributed by atoms with Gasteiger partial charge in [0.05, 0.1) is 23.2 Å². The SMILES string of the molecule is Cc1[nH]n(-c2ccccc2)c(=O)c1/C=N\Nc1ccccc1. The van der Waals surface area contributed by atoms with Crippen molar-refractivity contribution < 1.29 is 0 Å². The largest absolute Gasteiger partial charge is 0.295 e. The summed E-state index contributed by atoms with van der Waals surface area (Å²) in [5.74, 6) is 0. The van der Waals surface area contributed by atoms with Crippen LogP contribution in [-0.4, -0.2) is 16.0 Å². The smallest absolute Gasteiger partial charge is 0.280 e. The van der Waals surface area contributed by atoms with Gasteiger partial charge in [-0.1, -0.05) is 36.4 Å². The van der Waals surface area contributed by atoms with Gasteiger partial charge in [-0.3, -0.25) is 15.3 Å². The maximum absolute atomic E-state index is 12.4. The maximum Gasteiger partial charge on any atom is 0.280 e. The zero-order chi connectivity index (χ0) is 15.4. The Bertz CT molecular complexity index is 832. The lowest BCUT2D eigenvalue weighted by molar-refractivity contribution is 0.835. The number of nitrogens with one attached hydrogen (secondary N) is 2. The van der Waals surface area contributed by atoms with Crippen LogP contribution in [0.5, 0.6) is 0 Å². The number of H-pyrrole nitrogens is 1. The lowest BCUT2D eigenvalue weighted by atomic mass is 10.3. The molecule has 0 radical (unpaired) electrons. The van der Waals surface area contributed by atoms with Crippen LogP contribution in [0.2, 0.25) is 0 Å². The molecular weight excluding hydrogens is 276 g/mol. The summed E-state index contributed by atoms with van der Waals surface area (Å²) >= 11 is 0. The van der Waals surface area contributed by atoms with Gasteiger partial charge in [-0.25, -0.2) is 4.68 Å². The molecule has 0 saturated heterocycles. The molecule has 2 N–H and O–H groups in total. The van der Waals surface area contributed by atoms with E-state index in [9.17, 15) is 4.79 Å². The maximum atomic E-state index is 12.4. The molecule has 0 atom stereocenters. The average molecular weight is 292 g/mol. The third kappa shape index (κ3) is 2.83. The zero-order valence-electron chi connectivity index (χ0n) is 12.2. The van der Waals surface area contributed by atoms with Crippen molar-refractivity contribution >= 4 is 11.9 Å². The second kappa shape index (κ2) is 6.13. The van der Waals surface area contributed by atoms with E-state index < -0.39 is 0 Å². The first-order valence-corrected chi connectivity index (χ1v) is 6.97. The van der Waals surface area contributed by atoms with Gasteiger partial charge < -0.3 is 0 Å². The number of rotatable bonds is 4. The van der Waals surface area contributed by atoms with Crippen molar-refractivity contribution in [3.63, 3.8) is 0 Å². The number of hydrazone groups is 1. The lowest BCUT2D eigenvalue weighted by Crippen LogP contribution is -2.17. The highest BCUT2D eigenvalue weighted by atomic mass is 16.1. The van der Waals surface area contributed by atoms with Crippen molar-refractivity contribution in [1.82, 2.24) is 9.78 Å². The average Bonchev–Trinajstić information content (AvgIpc) is 2.85. The molecule has 22 heavy (non-hydrogen) atoms. The summed E-state index contributed by atoms with van der Waals surface area (Å²) in [6.07, 6.45) is 1.54. The summed E-state index contributed by atoms with van der Waals surface area (Å²) in [6, 6.07) is 19.0. The summed E-state index contributed by atoms with van der Waals surface area (Å²) in [5, 5.41) is 7.20. The molecule has 2 aromatic carbocycles. The number of aromatic amines is 1. The number of hydrogen-bond acceptors (Lipinski definition) is 3. The van der Waals surface area contributed by atoms with Crippen LogP contribution in [0.15, 0.2) is 70.6 Å². The molecule has 3 aromatic rings. The minimum Gasteiger partial charge on any atom is -0.295 e. The molecule has 0 spiro atoms. The first-order chi connectivity index (χ1) is 10.8. The van der Waals surface area contributed by atoms with Gasteiger partial charge in [0.25, 0.3) is 5.56 Å². The normalized spacial score (nSPS) is 11.0. The summed E-state index contributed by atoms with van der Waals surface area (Å²) < 4.78 is 1.51. The second-order valence-corrected chi connectivity index (χ2v) is 4.86. The molecule has 110 valence electrons. The van der Waals surface area contributed by atoms with E-state index in [0.29, 0.717) is 5.56 Å². The molecule has 0 fully saturated rings. The Morgan fingerprint density at radius 1 is 1.05 bits per heavy atom. The molecule has 0 aliphatic rings. The van der Waals surface area contributed by atoms with Gasteiger partial charge in [-0.2, -0.15) is 5.10 Å². The molecule has 0 bridgehead atoms. The molecule has 0 aliphatic heterocycles. The van der Waals surface area contributed by atoms with E-state index in [1.54, 1.807) is 6.21 Å². The van der Waals surface area contributed by atoms with Crippen molar-refractivity contribution in [2.24, 2.45) is 5.10 Å². The van der Waals surface area contributed by atoms with Crippen molar-refractivity contribution in [2.45, 2.75) is 6.92 Å². The Labute approximate surface area is 127 Å². The second-order valence-electron chi connectivity index (χ2n) is 4.86. The van der Waals surface area contributed by atoms with Gasteiger partial charge in [0.1, 0.15) is 0 Å². The first kappa shape index (κ1) is 13.9. The fourth-order valence-electron chi connectivity index (χ4n) is 2.15. The van der Waals surface area contributed by atoms with E-state index in [2.05, 4.69) is 15.6 Å². The Morgan fingerprint density at radius 3 is 2.36 bits per heavy atom. The van der Waals surface area contributed by atoms with Crippen LogP contribution >= 0.6 is 0 Å². The molecular formula is C17H16N4O. The molecule has 1 aromatic heterocycles.